The maximum Gasteiger partial charge on any atom is 0.338 e. The molecule has 3 aromatic rings. The quantitative estimate of drug-likeness (QED) is 0.227. The van der Waals surface area contributed by atoms with E-state index in [0.29, 0.717) is 34.3 Å². The number of halogens is 1. The van der Waals surface area contributed by atoms with E-state index in [1.807, 2.05) is 0 Å². The van der Waals surface area contributed by atoms with Gasteiger partial charge < -0.3 is 19.9 Å². The Bertz CT molecular complexity index is 1230. The molecule has 0 saturated heterocycles. The summed E-state index contributed by atoms with van der Waals surface area (Å²) in [7, 11) is 0. The highest BCUT2D eigenvalue weighted by molar-refractivity contribution is 7.99. The number of allylic oxidation sites excluding steroid dienone is 1. The van der Waals surface area contributed by atoms with Crippen molar-refractivity contribution in [3.8, 4) is 0 Å². The maximum absolute atomic E-state index is 13.1. The van der Waals surface area contributed by atoms with Crippen molar-refractivity contribution < 1.29 is 23.5 Å². The van der Waals surface area contributed by atoms with Crippen LogP contribution in [-0.2, 0) is 16.1 Å². The molecule has 0 aliphatic carbocycles. The van der Waals surface area contributed by atoms with Crippen LogP contribution in [0.15, 0.2) is 66.3 Å². The fraction of sp³-hybridized carbons (Fsp3) is 0.240. The predicted molar refractivity (Wildman–Crippen MR) is 134 cm³/mol. The number of nitrogens with zero attached hydrogens (tertiary/aromatic N) is 3. The molecule has 36 heavy (non-hydrogen) atoms. The van der Waals surface area contributed by atoms with Gasteiger partial charge in [-0.1, -0.05) is 17.8 Å². The summed E-state index contributed by atoms with van der Waals surface area (Å²) in [5, 5.41) is 14.4. The molecule has 0 radical (unpaired) electrons. The highest BCUT2D eigenvalue weighted by Crippen LogP contribution is 2.22. The zero-order chi connectivity index (χ0) is 26.1. The van der Waals surface area contributed by atoms with Crippen molar-refractivity contribution in [2.45, 2.75) is 31.6 Å². The Balaban J connectivity index is 1.61. The first-order chi connectivity index (χ1) is 17.3. The number of hydrogen-bond donors (Lipinski definition) is 2. The fourth-order valence-electron chi connectivity index (χ4n) is 3.20. The summed E-state index contributed by atoms with van der Waals surface area (Å²) in [5.74, 6) is -0.945. The Hall–Kier alpha value is -3.99. The van der Waals surface area contributed by atoms with Gasteiger partial charge in [0.25, 0.3) is 5.91 Å². The highest BCUT2D eigenvalue weighted by Gasteiger charge is 2.20. The first-order valence-electron chi connectivity index (χ1n) is 11.1. The zero-order valence-corrected chi connectivity index (χ0v) is 20.7. The van der Waals surface area contributed by atoms with Crippen LogP contribution in [-0.4, -0.2) is 44.9 Å². The summed E-state index contributed by atoms with van der Waals surface area (Å²) in [6.45, 7) is 7.90. The minimum absolute atomic E-state index is 0.0607. The number of carbonyl (C=O) groups excluding carboxylic acids is 3. The average molecular weight is 512 g/mol. The van der Waals surface area contributed by atoms with E-state index in [0.717, 1.165) is 0 Å². The smallest absolute Gasteiger partial charge is 0.338 e. The van der Waals surface area contributed by atoms with Crippen LogP contribution in [0.3, 0.4) is 0 Å². The number of thioether (sulfide) groups is 1. The van der Waals surface area contributed by atoms with Crippen molar-refractivity contribution in [3.05, 3.63) is 84.0 Å². The van der Waals surface area contributed by atoms with E-state index in [2.05, 4.69) is 27.4 Å². The number of ether oxygens (including phenoxy) is 1. The van der Waals surface area contributed by atoms with Crippen molar-refractivity contribution in [2.75, 3.05) is 17.7 Å². The molecule has 0 saturated carbocycles. The number of anilines is 1. The third kappa shape index (κ3) is 7.01. The van der Waals surface area contributed by atoms with Crippen LogP contribution in [0.2, 0.25) is 0 Å². The van der Waals surface area contributed by atoms with E-state index in [4.69, 9.17) is 4.74 Å². The average Bonchev–Trinajstić information content (AvgIpc) is 3.26. The minimum Gasteiger partial charge on any atom is -0.462 e. The van der Waals surface area contributed by atoms with Gasteiger partial charge in [-0.25, -0.2) is 9.18 Å². The summed E-state index contributed by atoms with van der Waals surface area (Å²) in [5.41, 5.74) is 1.26. The number of benzene rings is 2. The van der Waals surface area contributed by atoms with Gasteiger partial charge >= 0.3 is 5.97 Å². The molecule has 9 nitrogen and oxygen atoms in total. The first-order valence-corrected chi connectivity index (χ1v) is 12.1. The topological polar surface area (TPSA) is 115 Å². The number of esters is 1. The van der Waals surface area contributed by atoms with Gasteiger partial charge in [0.1, 0.15) is 5.82 Å². The predicted octanol–water partition coefficient (Wildman–Crippen LogP) is 4.00. The van der Waals surface area contributed by atoms with Gasteiger partial charge in [0.05, 0.1) is 24.0 Å². The highest BCUT2D eigenvalue weighted by atomic mass is 32.2. The number of aromatic nitrogens is 3. The summed E-state index contributed by atoms with van der Waals surface area (Å²) in [6.07, 6.45) is 1.66. The molecule has 0 aliphatic heterocycles. The molecule has 3 rings (SSSR count). The Morgan fingerprint density at radius 1 is 1.11 bits per heavy atom. The Labute approximate surface area is 212 Å². The lowest BCUT2D eigenvalue weighted by molar-refractivity contribution is -0.113. The second-order valence-corrected chi connectivity index (χ2v) is 8.52. The van der Waals surface area contributed by atoms with E-state index in [9.17, 15) is 18.8 Å². The summed E-state index contributed by atoms with van der Waals surface area (Å²) in [4.78, 5) is 36.7. The molecular weight excluding hydrogens is 485 g/mol. The van der Waals surface area contributed by atoms with Crippen molar-refractivity contribution in [2.24, 2.45) is 0 Å². The van der Waals surface area contributed by atoms with Crippen LogP contribution in [0, 0.1) is 5.82 Å². The van der Waals surface area contributed by atoms with Gasteiger partial charge in [-0.2, -0.15) is 0 Å². The second kappa shape index (κ2) is 12.6. The van der Waals surface area contributed by atoms with Crippen molar-refractivity contribution in [1.82, 2.24) is 20.1 Å². The van der Waals surface area contributed by atoms with E-state index >= 15 is 0 Å². The normalized spacial score (nSPS) is 11.4. The Kier molecular flexibility index (Phi) is 9.34. The number of nitrogens with one attached hydrogen (secondary N) is 2. The number of rotatable bonds is 11. The molecule has 1 atom stereocenters. The molecule has 11 heteroatoms. The lowest BCUT2D eigenvalue weighted by Crippen LogP contribution is -2.28. The third-order valence-corrected chi connectivity index (χ3v) is 5.88. The van der Waals surface area contributed by atoms with E-state index in [-0.39, 0.29) is 24.2 Å². The molecule has 1 aromatic heterocycles. The first kappa shape index (κ1) is 26.6. The molecule has 0 unspecified atom stereocenters. The largest absolute Gasteiger partial charge is 0.462 e. The van der Waals surface area contributed by atoms with Crippen LogP contribution in [0.4, 0.5) is 10.1 Å². The maximum atomic E-state index is 13.1. The summed E-state index contributed by atoms with van der Waals surface area (Å²) in [6, 6.07) is 11.1. The Morgan fingerprint density at radius 3 is 2.42 bits per heavy atom. The molecule has 1 heterocycles. The summed E-state index contributed by atoms with van der Waals surface area (Å²) >= 11 is 1.19. The molecule has 2 N–H and O–H groups in total. The van der Waals surface area contributed by atoms with Crippen LogP contribution >= 0.6 is 11.8 Å². The molecule has 0 bridgehead atoms. The van der Waals surface area contributed by atoms with Gasteiger partial charge in [0.2, 0.25) is 5.91 Å². The lowest BCUT2D eigenvalue weighted by Gasteiger charge is -2.15. The van der Waals surface area contributed by atoms with Gasteiger partial charge in [0, 0.05) is 17.8 Å². The third-order valence-electron chi connectivity index (χ3n) is 4.91. The van der Waals surface area contributed by atoms with Crippen molar-refractivity contribution in [1.29, 1.82) is 0 Å². The van der Waals surface area contributed by atoms with Crippen molar-refractivity contribution >= 4 is 35.2 Å². The van der Waals surface area contributed by atoms with E-state index < -0.39 is 17.8 Å². The minimum atomic E-state index is -0.504. The zero-order valence-electron chi connectivity index (χ0n) is 19.9. The standard InChI is InChI=1S/C25H26FN5O4S/c1-4-14-31-22(16(3)27-23(33)17-6-10-19(26)11-7-17)29-30-25(31)36-15-21(32)28-20-12-8-18(9-13-20)24(34)35-5-2/h4,6-13,16H,1,5,14-15H2,2-3H3,(H,27,33)(H,28,32)/t16-/m0/s1. The Morgan fingerprint density at radius 2 is 1.78 bits per heavy atom. The number of carbonyl (C=O) groups is 3. The number of hydrogen-bond acceptors (Lipinski definition) is 7. The van der Waals surface area contributed by atoms with Crippen LogP contribution in [0.25, 0.3) is 0 Å². The van der Waals surface area contributed by atoms with Crippen molar-refractivity contribution in [3.63, 3.8) is 0 Å². The lowest BCUT2D eigenvalue weighted by atomic mass is 10.2. The molecule has 0 fully saturated rings. The molecular formula is C25H26FN5O4S. The van der Waals surface area contributed by atoms with Crippen LogP contribution in [0.5, 0.6) is 0 Å². The van der Waals surface area contributed by atoms with E-state index in [1.54, 1.807) is 48.8 Å². The SMILES string of the molecule is C=CCn1c(SCC(=O)Nc2ccc(C(=O)OCC)cc2)nnc1[C@H](C)NC(=O)c1ccc(F)cc1. The molecule has 2 aromatic carbocycles. The molecule has 2 amide bonds. The fourth-order valence-corrected chi connectivity index (χ4v) is 3.96. The van der Waals surface area contributed by atoms with Gasteiger partial charge in [-0.05, 0) is 62.4 Å². The summed E-state index contributed by atoms with van der Waals surface area (Å²) < 4.78 is 19.8. The second-order valence-electron chi connectivity index (χ2n) is 7.58. The molecule has 188 valence electrons. The number of amides is 2. The van der Waals surface area contributed by atoms with Crippen LogP contribution in [0.1, 0.15) is 46.4 Å². The molecule has 0 aliphatic rings. The van der Waals surface area contributed by atoms with Gasteiger partial charge in [-0.15, -0.1) is 16.8 Å². The van der Waals surface area contributed by atoms with E-state index in [1.165, 1.54) is 36.0 Å². The monoisotopic (exact) mass is 511 g/mol. The molecule has 0 spiro atoms. The van der Waals surface area contributed by atoms with Crippen LogP contribution < -0.4 is 10.6 Å². The van der Waals surface area contributed by atoms with Gasteiger partial charge in [-0.3, -0.25) is 9.59 Å². The van der Waals surface area contributed by atoms with Gasteiger partial charge in [0.15, 0.2) is 11.0 Å².